The van der Waals surface area contributed by atoms with E-state index in [2.05, 4.69) is 5.73 Å². The summed E-state index contributed by atoms with van der Waals surface area (Å²) in [4.78, 5) is 9.77. The summed E-state index contributed by atoms with van der Waals surface area (Å²) < 4.78 is 0. The Bertz CT molecular complexity index is 170. The molecule has 0 unspecified atom stereocenters. The summed E-state index contributed by atoms with van der Waals surface area (Å²) in [6, 6.07) is 0. The molecule has 0 N–H and O–H groups in total. The van der Waals surface area contributed by atoms with Crippen LogP contribution in [0.3, 0.4) is 0 Å². The van der Waals surface area contributed by atoms with Crippen molar-refractivity contribution in [3.63, 3.8) is 0 Å². The molecule has 0 aliphatic carbocycles. The standard InChI is InChI=1S/C8H10OS/c9-5-1-2-8-3-6-10-7-4-8/h2,8H,3-4,6-7H2. The molecule has 0 spiro atoms. The first-order chi connectivity index (χ1) is 4.93. The Morgan fingerprint density at radius 1 is 1.40 bits per heavy atom. The van der Waals surface area contributed by atoms with Gasteiger partial charge in [0.15, 0.2) is 5.94 Å². The molecule has 1 heterocycles. The molecule has 1 saturated heterocycles. The number of rotatable bonds is 1. The molecular formula is C8H10OS. The van der Waals surface area contributed by atoms with Crippen molar-refractivity contribution in [2.75, 3.05) is 11.5 Å². The van der Waals surface area contributed by atoms with E-state index in [-0.39, 0.29) is 0 Å². The zero-order chi connectivity index (χ0) is 7.23. The normalized spacial score (nSPS) is 19.2. The second kappa shape index (κ2) is 4.40. The molecule has 1 fully saturated rings. The van der Waals surface area contributed by atoms with Gasteiger partial charge in [0, 0.05) is 0 Å². The van der Waals surface area contributed by atoms with Crippen molar-refractivity contribution in [2.45, 2.75) is 12.8 Å². The van der Waals surface area contributed by atoms with E-state index in [9.17, 15) is 4.79 Å². The van der Waals surface area contributed by atoms with Crippen molar-refractivity contribution < 1.29 is 4.79 Å². The Hall–Kier alpha value is -0.420. The van der Waals surface area contributed by atoms with Crippen molar-refractivity contribution in [3.8, 4) is 0 Å². The van der Waals surface area contributed by atoms with Crippen LogP contribution in [0.5, 0.6) is 0 Å². The minimum Gasteiger partial charge on any atom is -0.224 e. The third-order valence-corrected chi connectivity index (χ3v) is 2.69. The molecule has 0 radical (unpaired) electrons. The first kappa shape index (κ1) is 7.68. The molecule has 1 nitrogen and oxygen atoms in total. The van der Waals surface area contributed by atoms with E-state index < -0.39 is 0 Å². The predicted octanol–water partition coefficient (Wildman–Crippen LogP) is 1.67. The average molecular weight is 154 g/mol. The molecule has 0 atom stereocenters. The maximum absolute atomic E-state index is 9.77. The number of carbonyl (C=O) groups excluding carboxylic acids is 1. The highest BCUT2D eigenvalue weighted by Gasteiger charge is 2.09. The van der Waals surface area contributed by atoms with Crippen LogP contribution in [0.4, 0.5) is 0 Å². The maximum atomic E-state index is 9.77. The predicted molar refractivity (Wildman–Crippen MR) is 43.8 cm³/mol. The topological polar surface area (TPSA) is 17.1 Å². The molecule has 1 aliphatic heterocycles. The van der Waals surface area contributed by atoms with Gasteiger partial charge in [0.25, 0.3) is 0 Å². The third kappa shape index (κ3) is 2.45. The fraction of sp³-hybridized carbons (Fsp3) is 0.625. The van der Waals surface area contributed by atoms with E-state index in [4.69, 9.17) is 0 Å². The Labute approximate surface area is 65.2 Å². The van der Waals surface area contributed by atoms with Gasteiger partial charge in [0.05, 0.1) is 0 Å². The molecule has 0 bridgehead atoms. The number of thioether (sulfide) groups is 1. The summed E-state index contributed by atoms with van der Waals surface area (Å²) in [5, 5.41) is 0. The van der Waals surface area contributed by atoms with Crippen LogP contribution < -0.4 is 0 Å². The van der Waals surface area contributed by atoms with Gasteiger partial charge >= 0.3 is 0 Å². The van der Waals surface area contributed by atoms with E-state index in [1.54, 1.807) is 5.94 Å². The minimum absolute atomic E-state index is 0.586. The van der Waals surface area contributed by atoms with Crippen molar-refractivity contribution >= 4 is 17.7 Å². The van der Waals surface area contributed by atoms with E-state index in [1.807, 2.05) is 17.8 Å². The average Bonchev–Trinajstić information content (AvgIpc) is 2.03. The highest BCUT2D eigenvalue weighted by Crippen LogP contribution is 2.22. The first-order valence-electron chi connectivity index (χ1n) is 3.47. The summed E-state index contributed by atoms with van der Waals surface area (Å²) in [7, 11) is 0. The van der Waals surface area contributed by atoms with Crippen LogP contribution in [-0.2, 0) is 4.79 Å². The van der Waals surface area contributed by atoms with E-state index in [0.717, 1.165) is 0 Å². The Kier molecular flexibility index (Phi) is 3.38. The highest BCUT2D eigenvalue weighted by molar-refractivity contribution is 7.99. The van der Waals surface area contributed by atoms with Crippen LogP contribution >= 0.6 is 11.8 Å². The summed E-state index contributed by atoms with van der Waals surface area (Å²) in [5.74, 6) is 4.69. The molecule has 1 rings (SSSR count). The van der Waals surface area contributed by atoms with Gasteiger partial charge in [-0.25, -0.2) is 4.79 Å². The van der Waals surface area contributed by atoms with Crippen LogP contribution in [0.1, 0.15) is 12.8 Å². The second-order valence-corrected chi connectivity index (χ2v) is 3.59. The van der Waals surface area contributed by atoms with Gasteiger partial charge in [0.2, 0.25) is 0 Å². The van der Waals surface area contributed by atoms with Crippen molar-refractivity contribution in [3.05, 3.63) is 11.8 Å². The van der Waals surface area contributed by atoms with Crippen LogP contribution in [0, 0.1) is 5.92 Å². The molecule has 0 amide bonds. The molecule has 54 valence electrons. The van der Waals surface area contributed by atoms with Crippen LogP contribution in [0.25, 0.3) is 0 Å². The third-order valence-electron chi connectivity index (χ3n) is 1.64. The van der Waals surface area contributed by atoms with Crippen LogP contribution in [-0.4, -0.2) is 17.4 Å². The Morgan fingerprint density at radius 3 is 2.70 bits per heavy atom. The van der Waals surface area contributed by atoms with Crippen molar-refractivity contribution in [1.29, 1.82) is 0 Å². The first-order valence-corrected chi connectivity index (χ1v) is 4.62. The lowest BCUT2D eigenvalue weighted by molar-refractivity contribution is 0.568. The van der Waals surface area contributed by atoms with Gasteiger partial charge < -0.3 is 0 Å². The fourth-order valence-corrected chi connectivity index (χ4v) is 2.18. The Balaban J connectivity index is 2.39. The quantitative estimate of drug-likeness (QED) is 0.422. The van der Waals surface area contributed by atoms with Crippen molar-refractivity contribution in [2.24, 2.45) is 5.92 Å². The SMILES string of the molecule is O=C=C=CC1CCSCC1. The minimum atomic E-state index is 0.586. The zero-order valence-electron chi connectivity index (χ0n) is 5.80. The number of allylic oxidation sites excluding steroid dienone is 1. The smallest absolute Gasteiger partial charge is 0.176 e. The van der Waals surface area contributed by atoms with Gasteiger partial charge in [-0.05, 0) is 42.1 Å². The highest BCUT2D eigenvalue weighted by atomic mass is 32.2. The van der Waals surface area contributed by atoms with Gasteiger partial charge in [-0.15, -0.1) is 0 Å². The molecule has 0 aromatic heterocycles. The van der Waals surface area contributed by atoms with Crippen molar-refractivity contribution in [1.82, 2.24) is 0 Å². The lowest BCUT2D eigenvalue weighted by Crippen LogP contribution is -2.05. The summed E-state index contributed by atoms with van der Waals surface area (Å²) in [5.41, 5.74) is 2.48. The fourth-order valence-electron chi connectivity index (χ4n) is 1.03. The molecule has 0 aromatic carbocycles. The molecule has 2 heteroatoms. The molecule has 0 aromatic rings. The van der Waals surface area contributed by atoms with Gasteiger partial charge in [-0.3, -0.25) is 0 Å². The summed E-state index contributed by atoms with van der Waals surface area (Å²) in [6.07, 6.45) is 4.24. The summed E-state index contributed by atoms with van der Waals surface area (Å²) in [6.45, 7) is 0. The summed E-state index contributed by atoms with van der Waals surface area (Å²) >= 11 is 1.99. The maximum Gasteiger partial charge on any atom is 0.176 e. The zero-order valence-corrected chi connectivity index (χ0v) is 6.62. The monoisotopic (exact) mass is 154 g/mol. The number of hydrogen-bond acceptors (Lipinski definition) is 2. The largest absolute Gasteiger partial charge is 0.224 e. The number of hydrogen-bond donors (Lipinski definition) is 0. The van der Waals surface area contributed by atoms with E-state index >= 15 is 0 Å². The molecular weight excluding hydrogens is 144 g/mol. The second-order valence-electron chi connectivity index (χ2n) is 2.36. The van der Waals surface area contributed by atoms with Gasteiger partial charge in [-0.1, -0.05) is 0 Å². The Morgan fingerprint density at radius 2 is 2.10 bits per heavy atom. The van der Waals surface area contributed by atoms with E-state index in [0.29, 0.717) is 5.92 Å². The molecule has 10 heavy (non-hydrogen) atoms. The van der Waals surface area contributed by atoms with Crippen LogP contribution in [0.15, 0.2) is 11.8 Å². The van der Waals surface area contributed by atoms with E-state index in [1.165, 1.54) is 24.3 Å². The lowest BCUT2D eigenvalue weighted by Gasteiger charge is -2.15. The molecule has 0 saturated carbocycles. The van der Waals surface area contributed by atoms with Gasteiger partial charge in [-0.2, -0.15) is 11.8 Å². The van der Waals surface area contributed by atoms with Crippen LogP contribution in [0.2, 0.25) is 0 Å². The molecule has 1 aliphatic rings. The lowest BCUT2D eigenvalue weighted by atomic mass is 10.0. The van der Waals surface area contributed by atoms with Gasteiger partial charge in [0.1, 0.15) is 0 Å².